The van der Waals surface area contributed by atoms with E-state index in [1.807, 2.05) is 11.3 Å². The molecule has 1 nitrogen and oxygen atoms in total. The largest absolute Gasteiger partial charge is 0.255 e. The summed E-state index contributed by atoms with van der Waals surface area (Å²) in [5.41, 5.74) is 4.28. The maximum absolute atomic E-state index is 4.59. The summed E-state index contributed by atoms with van der Waals surface area (Å²) in [4.78, 5) is 4.59. The summed E-state index contributed by atoms with van der Waals surface area (Å²) in [7, 11) is 0. The second-order valence-electron chi connectivity index (χ2n) is 6.68. The minimum atomic E-state index is 0.147. The summed E-state index contributed by atoms with van der Waals surface area (Å²) in [5.74, 6) is 0. The van der Waals surface area contributed by atoms with E-state index in [0.717, 1.165) is 5.52 Å². The smallest absolute Gasteiger partial charge is 0.0812 e. The second kappa shape index (κ2) is 3.81. The number of hydrogen-bond acceptors (Lipinski definition) is 2. The molecule has 0 aromatic carbocycles. The lowest BCUT2D eigenvalue weighted by Crippen LogP contribution is -2.22. The lowest BCUT2D eigenvalue weighted by Gasteiger charge is -2.30. The van der Waals surface area contributed by atoms with Crippen molar-refractivity contribution in [2.75, 3.05) is 0 Å². The van der Waals surface area contributed by atoms with Gasteiger partial charge in [-0.05, 0) is 33.4 Å². The molecule has 0 spiro atoms. The molecule has 2 heteroatoms. The van der Waals surface area contributed by atoms with Crippen LogP contribution in [-0.2, 0) is 10.8 Å². The second-order valence-corrected chi connectivity index (χ2v) is 7.60. The van der Waals surface area contributed by atoms with Crippen molar-refractivity contribution in [3.8, 4) is 0 Å². The highest BCUT2D eigenvalue weighted by Gasteiger charge is 2.27. The summed E-state index contributed by atoms with van der Waals surface area (Å²) in [5, 5.41) is 2.14. The van der Waals surface area contributed by atoms with E-state index in [1.54, 1.807) is 0 Å². The molecule has 92 valence electrons. The molecule has 2 aromatic rings. The molecular formula is C15H21NS. The van der Waals surface area contributed by atoms with Gasteiger partial charge in [-0.2, -0.15) is 0 Å². The van der Waals surface area contributed by atoms with Gasteiger partial charge in [-0.3, -0.25) is 4.98 Å². The fourth-order valence-corrected chi connectivity index (χ4v) is 3.33. The van der Waals surface area contributed by atoms with Gasteiger partial charge >= 0.3 is 0 Å². The Morgan fingerprint density at radius 3 is 2.18 bits per heavy atom. The Morgan fingerprint density at radius 2 is 1.65 bits per heavy atom. The monoisotopic (exact) mass is 247 g/mol. The Hall–Kier alpha value is -0.890. The van der Waals surface area contributed by atoms with E-state index in [1.165, 1.54) is 15.8 Å². The summed E-state index contributed by atoms with van der Waals surface area (Å²) in [6.45, 7) is 13.7. The van der Waals surface area contributed by atoms with Gasteiger partial charge in [-0.15, -0.1) is 11.3 Å². The van der Waals surface area contributed by atoms with Crippen molar-refractivity contribution in [2.45, 2.75) is 52.4 Å². The Bertz CT molecular complexity index is 538. The standard InChI is InChI=1S/C15H21NS/c1-14(2,3)10-9-16-11-7-8-17-13(11)12(10)15(4,5)6/h7-9H,1-6H3. The molecule has 0 amide bonds. The average Bonchev–Trinajstić information content (AvgIpc) is 2.59. The van der Waals surface area contributed by atoms with Gasteiger partial charge in [0, 0.05) is 6.20 Å². The first-order valence-corrected chi connectivity index (χ1v) is 6.96. The van der Waals surface area contributed by atoms with Crippen molar-refractivity contribution in [1.82, 2.24) is 4.98 Å². The van der Waals surface area contributed by atoms with Crippen LogP contribution in [0.1, 0.15) is 52.7 Å². The maximum Gasteiger partial charge on any atom is 0.0812 e. The summed E-state index contributed by atoms with van der Waals surface area (Å²) in [6.07, 6.45) is 2.07. The predicted octanol–water partition coefficient (Wildman–Crippen LogP) is 4.89. The van der Waals surface area contributed by atoms with Gasteiger partial charge in [0.05, 0.1) is 10.2 Å². The molecule has 0 saturated heterocycles. The molecule has 0 unspecified atom stereocenters. The minimum Gasteiger partial charge on any atom is -0.255 e. The molecule has 2 aromatic heterocycles. The molecule has 0 saturated carbocycles. The SMILES string of the molecule is CC(C)(C)c1cnc2ccsc2c1C(C)(C)C. The first-order chi connectivity index (χ1) is 7.71. The molecule has 17 heavy (non-hydrogen) atoms. The van der Waals surface area contributed by atoms with Gasteiger partial charge in [-0.1, -0.05) is 41.5 Å². The zero-order chi connectivity index (χ0) is 12.8. The molecule has 0 N–H and O–H groups in total. The van der Waals surface area contributed by atoms with Crippen LogP contribution in [0.5, 0.6) is 0 Å². The third-order valence-corrected chi connectivity index (χ3v) is 3.95. The number of rotatable bonds is 0. The van der Waals surface area contributed by atoms with Gasteiger partial charge in [0.2, 0.25) is 0 Å². The first kappa shape index (κ1) is 12.6. The molecule has 0 aliphatic heterocycles. The van der Waals surface area contributed by atoms with Gasteiger partial charge in [0.1, 0.15) is 0 Å². The maximum atomic E-state index is 4.59. The number of thiophene rings is 1. The topological polar surface area (TPSA) is 12.9 Å². The van der Waals surface area contributed by atoms with Crippen molar-refractivity contribution in [3.63, 3.8) is 0 Å². The number of pyridine rings is 1. The van der Waals surface area contributed by atoms with Crippen LogP contribution in [0, 0.1) is 0 Å². The highest BCUT2D eigenvalue weighted by molar-refractivity contribution is 7.17. The Morgan fingerprint density at radius 1 is 1.00 bits per heavy atom. The quantitative estimate of drug-likeness (QED) is 0.646. The van der Waals surface area contributed by atoms with Crippen LogP contribution in [0.25, 0.3) is 10.2 Å². The third kappa shape index (κ3) is 2.23. The zero-order valence-corrected chi connectivity index (χ0v) is 12.4. The molecule has 0 aliphatic carbocycles. The van der Waals surface area contributed by atoms with E-state index in [-0.39, 0.29) is 10.8 Å². The molecule has 0 radical (unpaired) electrons. The Balaban J connectivity index is 2.85. The van der Waals surface area contributed by atoms with Gasteiger partial charge in [0.15, 0.2) is 0 Å². The predicted molar refractivity (Wildman–Crippen MR) is 77.0 cm³/mol. The van der Waals surface area contributed by atoms with E-state index in [0.29, 0.717) is 0 Å². The van der Waals surface area contributed by atoms with Gasteiger partial charge in [0.25, 0.3) is 0 Å². The van der Waals surface area contributed by atoms with Crippen LogP contribution in [0.4, 0.5) is 0 Å². The first-order valence-electron chi connectivity index (χ1n) is 6.08. The molecule has 0 aliphatic rings. The lowest BCUT2D eigenvalue weighted by atomic mass is 9.76. The van der Waals surface area contributed by atoms with Crippen LogP contribution in [0.2, 0.25) is 0 Å². The van der Waals surface area contributed by atoms with Crippen LogP contribution in [0.3, 0.4) is 0 Å². The molecule has 0 bridgehead atoms. The molecule has 0 atom stereocenters. The van der Waals surface area contributed by atoms with Crippen molar-refractivity contribution >= 4 is 21.6 Å². The third-order valence-electron chi connectivity index (χ3n) is 3.03. The minimum absolute atomic E-state index is 0.147. The fourth-order valence-electron chi connectivity index (χ4n) is 2.23. The highest BCUT2D eigenvalue weighted by Crippen LogP contribution is 2.39. The van der Waals surface area contributed by atoms with Crippen molar-refractivity contribution in [1.29, 1.82) is 0 Å². The van der Waals surface area contributed by atoms with E-state index < -0.39 is 0 Å². The fraction of sp³-hybridized carbons (Fsp3) is 0.533. The Labute approximate surface area is 108 Å². The van der Waals surface area contributed by atoms with E-state index in [9.17, 15) is 0 Å². The summed E-state index contributed by atoms with van der Waals surface area (Å²) >= 11 is 1.81. The van der Waals surface area contributed by atoms with Crippen molar-refractivity contribution < 1.29 is 0 Å². The highest BCUT2D eigenvalue weighted by atomic mass is 32.1. The number of aromatic nitrogens is 1. The summed E-state index contributed by atoms with van der Waals surface area (Å²) < 4.78 is 1.35. The molecule has 2 rings (SSSR count). The van der Waals surface area contributed by atoms with Crippen LogP contribution in [-0.4, -0.2) is 4.98 Å². The molecule has 2 heterocycles. The van der Waals surface area contributed by atoms with E-state index in [2.05, 4.69) is 64.2 Å². The number of nitrogens with zero attached hydrogens (tertiary/aromatic N) is 1. The summed E-state index contributed by atoms with van der Waals surface area (Å²) in [6, 6.07) is 2.11. The number of hydrogen-bond donors (Lipinski definition) is 0. The van der Waals surface area contributed by atoms with Crippen LogP contribution >= 0.6 is 11.3 Å². The van der Waals surface area contributed by atoms with Crippen molar-refractivity contribution in [2.24, 2.45) is 0 Å². The molecule has 0 fully saturated rings. The van der Waals surface area contributed by atoms with Gasteiger partial charge < -0.3 is 0 Å². The van der Waals surface area contributed by atoms with E-state index >= 15 is 0 Å². The lowest BCUT2D eigenvalue weighted by molar-refractivity contribution is 0.533. The van der Waals surface area contributed by atoms with Crippen LogP contribution < -0.4 is 0 Å². The van der Waals surface area contributed by atoms with Crippen LogP contribution in [0.15, 0.2) is 17.6 Å². The number of fused-ring (bicyclic) bond motifs is 1. The average molecular weight is 247 g/mol. The zero-order valence-electron chi connectivity index (χ0n) is 11.6. The van der Waals surface area contributed by atoms with Crippen molar-refractivity contribution in [3.05, 3.63) is 28.8 Å². The van der Waals surface area contributed by atoms with Gasteiger partial charge in [-0.25, -0.2) is 0 Å². The normalized spacial score (nSPS) is 13.3. The molecular weight excluding hydrogens is 226 g/mol. The Kier molecular flexibility index (Phi) is 2.81. The van der Waals surface area contributed by atoms with E-state index in [4.69, 9.17) is 0 Å².